The number of anilines is 1. The van der Waals surface area contributed by atoms with E-state index in [0.29, 0.717) is 11.5 Å². The van der Waals surface area contributed by atoms with Crippen molar-refractivity contribution in [1.29, 1.82) is 0 Å². The first-order valence-electron chi connectivity index (χ1n) is 10.8. The molecule has 2 N–H and O–H groups in total. The Labute approximate surface area is 188 Å². The number of hydrogen-bond donors (Lipinski definition) is 2. The Morgan fingerprint density at radius 3 is 2.50 bits per heavy atom. The van der Waals surface area contributed by atoms with Crippen molar-refractivity contribution in [2.24, 2.45) is 0 Å². The molecule has 0 aliphatic carbocycles. The zero-order valence-corrected chi connectivity index (χ0v) is 19.0. The molecule has 0 radical (unpaired) electrons. The van der Waals surface area contributed by atoms with Gasteiger partial charge in [0.05, 0.1) is 18.2 Å². The first kappa shape index (κ1) is 20.3. The van der Waals surface area contributed by atoms with Crippen LogP contribution in [0.3, 0.4) is 0 Å². The van der Waals surface area contributed by atoms with Gasteiger partial charge in [0, 0.05) is 22.4 Å². The van der Waals surface area contributed by atoms with E-state index in [9.17, 15) is 5.11 Å². The summed E-state index contributed by atoms with van der Waals surface area (Å²) in [6.07, 6.45) is 4.35. The second kappa shape index (κ2) is 7.20. The van der Waals surface area contributed by atoms with Gasteiger partial charge in [-0.2, -0.15) is 0 Å². The summed E-state index contributed by atoms with van der Waals surface area (Å²) in [6.45, 7) is 8.56. The van der Waals surface area contributed by atoms with E-state index in [-0.39, 0.29) is 11.3 Å². The highest BCUT2D eigenvalue weighted by atomic mass is 16.5. The molecule has 2 heterocycles. The van der Waals surface area contributed by atoms with E-state index in [4.69, 9.17) is 9.47 Å². The lowest BCUT2D eigenvalue weighted by Crippen LogP contribution is -2.32. The predicted octanol–water partition coefficient (Wildman–Crippen LogP) is 6.87. The number of fused-ring (bicyclic) bond motifs is 5. The van der Waals surface area contributed by atoms with Crippen molar-refractivity contribution in [1.82, 2.24) is 0 Å². The molecule has 2 aliphatic rings. The number of allylic oxidation sites excluding steroid dienone is 1. The molecule has 4 nitrogen and oxygen atoms in total. The van der Waals surface area contributed by atoms with Crippen molar-refractivity contribution in [3.8, 4) is 28.4 Å². The number of phenolic OH excluding ortho intramolecular Hbond substituents is 1. The van der Waals surface area contributed by atoms with Crippen molar-refractivity contribution in [3.05, 3.63) is 76.9 Å². The van der Waals surface area contributed by atoms with E-state index >= 15 is 0 Å². The number of benzene rings is 3. The lowest BCUT2D eigenvalue weighted by molar-refractivity contribution is 0.371. The van der Waals surface area contributed by atoms with Gasteiger partial charge in [0.25, 0.3) is 0 Å². The maximum atomic E-state index is 10.5. The van der Waals surface area contributed by atoms with Gasteiger partial charge in [-0.1, -0.05) is 36.4 Å². The quantitative estimate of drug-likeness (QED) is 0.470. The normalized spacial score (nSPS) is 16.8. The van der Waals surface area contributed by atoms with E-state index < -0.39 is 0 Å². The van der Waals surface area contributed by atoms with E-state index in [1.165, 1.54) is 11.1 Å². The first-order chi connectivity index (χ1) is 15.3. The molecule has 0 spiro atoms. The Kier molecular flexibility index (Phi) is 4.55. The van der Waals surface area contributed by atoms with E-state index in [1.54, 1.807) is 19.2 Å². The van der Waals surface area contributed by atoms with Crippen molar-refractivity contribution < 1.29 is 14.6 Å². The molecule has 4 heteroatoms. The maximum Gasteiger partial charge on any atom is 0.172 e. The highest BCUT2D eigenvalue weighted by Crippen LogP contribution is 2.54. The number of ether oxygens (including phenoxy) is 2. The molecule has 0 unspecified atom stereocenters. The second-order valence-electron chi connectivity index (χ2n) is 9.04. The van der Waals surface area contributed by atoms with Gasteiger partial charge in [-0.3, -0.25) is 0 Å². The third kappa shape index (κ3) is 3.14. The predicted molar refractivity (Wildman–Crippen MR) is 131 cm³/mol. The van der Waals surface area contributed by atoms with Gasteiger partial charge in [0.1, 0.15) is 11.5 Å². The summed E-state index contributed by atoms with van der Waals surface area (Å²) in [7, 11) is 1.57. The highest BCUT2D eigenvalue weighted by molar-refractivity contribution is 6.02. The zero-order chi connectivity index (χ0) is 22.6. The lowest BCUT2D eigenvalue weighted by atomic mass is 9.82. The molecular weight excluding hydrogens is 398 g/mol. The average molecular weight is 426 g/mol. The van der Waals surface area contributed by atoms with E-state index in [2.05, 4.69) is 69.4 Å². The van der Waals surface area contributed by atoms with Crippen molar-refractivity contribution >= 4 is 23.1 Å². The molecule has 0 bridgehead atoms. The van der Waals surface area contributed by atoms with Crippen LogP contribution in [0.15, 0.2) is 54.6 Å². The Bertz CT molecular complexity index is 1310. The van der Waals surface area contributed by atoms with Crippen LogP contribution in [0, 0.1) is 6.92 Å². The summed E-state index contributed by atoms with van der Waals surface area (Å²) in [5, 5.41) is 14.1. The van der Waals surface area contributed by atoms with Crippen LogP contribution in [0.1, 0.15) is 43.0 Å². The Morgan fingerprint density at radius 2 is 1.75 bits per heavy atom. The molecule has 162 valence electrons. The summed E-state index contributed by atoms with van der Waals surface area (Å²) in [5.74, 6) is 1.96. The molecule has 0 aromatic heterocycles. The molecular formula is C28H27NO3. The lowest BCUT2D eigenvalue weighted by Gasteiger charge is -2.35. The molecule has 3 aromatic carbocycles. The Hall–Kier alpha value is -3.66. The van der Waals surface area contributed by atoms with Crippen LogP contribution in [0.4, 0.5) is 5.69 Å². The fourth-order valence-corrected chi connectivity index (χ4v) is 4.84. The third-order valence-electron chi connectivity index (χ3n) is 6.15. The molecule has 32 heavy (non-hydrogen) atoms. The maximum absolute atomic E-state index is 10.5. The van der Waals surface area contributed by atoms with Crippen LogP contribution >= 0.6 is 0 Å². The summed E-state index contributed by atoms with van der Waals surface area (Å²) in [5.41, 5.74) is 8.24. The fraction of sp³-hybridized carbons (Fsp3) is 0.214. The smallest absolute Gasteiger partial charge is 0.172 e. The summed E-state index contributed by atoms with van der Waals surface area (Å²) in [6, 6.07) is 15.9. The highest BCUT2D eigenvalue weighted by Gasteiger charge is 2.33. The summed E-state index contributed by atoms with van der Waals surface area (Å²) in [4.78, 5) is 0. The number of methoxy groups -OCH3 is 1. The fourth-order valence-electron chi connectivity index (χ4n) is 4.84. The van der Waals surface area contributed by atoms with Gasteiger partial charge in [-0.05, 0) is 68.7 Å². The number of hydrogen-bond acceptors (Lipinski definition) is 4. The van der Waals surface area contributed by atoms with Gasteiger partial charge in [-0.15, -0.1) is 0 Å². The average Bonchev–Trinajstić information content (AvgIpc) is 2.74. The molecule has 5 rings (SSSR count). The Balaban J connectivity index is 1.85. The van der Waals surface area contributed by atoms with E-state index in [0.717, 1.165) is 39.3 Å². The van der Waals surface area contributed by atoms with Crippen molar-refractivity contribution in [2.45, 2.75) is 33.2 Å². The van der Waals surface area contributed by atoms with Gasteiger partial charge in [0.15, 0.2) is 11.5 Å². The van der Waals surface area contributed by atoms with Crippen LogP contribution in [-0.2, 0) is 0 Å². The van der Waals surface area contributed by atoms with Crippen LogP contribution in [0.5, 0.6) is 17.2 Å². The van der Waals surface area contributed by atoms with Crippen LogP contribution in [-0.4, -0.2) is 17.8 Å². The van der Waals surface area contributed by atoms with Gasteiger partial charge < -0.3 is 19.9 Å². The molecule has 0 amide bonds. The van der Waals surface area contributed by atoms with Crippen molar-refractivity contribution in [3.63, 3.8) is 0 Å². The largest absolute Gasteiger partial charge is 0.504 e. The summed E-state index contributed by atoms with van der Waals surface area (Å²) >= 11 is 0. The van der Waals surface area contributed by atoms with Gasteiger partial charge in [0.2, 0.25) is 0 Å². The van der Waals surface area contributed by atoms with Crippen molar-refractivity contribution in [2.75, 3.05) is 12.4 Å². The van der Waals surface area contributed by atoms with Crippen LogP contribution < -0.4 is 14.8 Å². The summed E-state index contributed by atoms with van der Waals surface area (Å²) < 4.78 is 12.1. The standard InChI is InChI=1S/C28H27NO3/c1-16-8-6-7-9-18(16)14-23-25-19(26-22(32-23)13-12-21(30)27(26)31-5)10-11-20-24(25)17(2)15-28(3,4)29-20/h6-15,29-30H,1-5H3/b23-14-. The third-order valence-corrected chi connectivity index (χ3v) is 6.15. The molecule has 3 aromatic rings. The number of rotatable bonds is 2. The first-order valence-corrected chi connectivity index (χ1v) is 10.8. The topological polar surface area (TPSA) is 50.7 Å². The molecule has 0 atom stereocenters. The minimum absolute atomic E-state index is 0.0939. The minimum atomic E-state index is -0.144. The van der Waals surface area contributed by atoms with Gasteiger partial charge >= 0.3 is 0 Å². The number of aromatic hydroxyl groups is 1. The zero-order valence-electron chi connectivity index (χ0n) is 19.0. The molecule has 2 aliphatic heterocycles. The van der Waals surface area contributed by atoms with E-state index in [1.807, 2.05) is 12.1 Å². The van der Waals surface area contributed by atoms with Crippen LogP contribution in [0.25, 0.3) is 28.5 Å². The monoisotopic (exact) mass is 425 g/mol. The van der Waals surface area contributed by atoms with Gasteiger partial charge in [-0.25, -0.2) is 0 Å². The SMILES string of the molecule is COc1c(O)ccc2c1-c1ccc3c(c1/C(=C/c1ccccc1C)O2)C(C)=CC(C)(C)N3. The number of nitrogens with one attached hydrogen (secondary N) is 1. The Morgan fingerprint density at radius 1 is 0.969 bits per heavy atom. The molecule has 0 saturated carbocycles. The number of aryl methyl sites for hydroxylation is 1. The molecule has 0 saturated heterocycles. The second-order valence-corrected chi connectivity index (χ2v) is 9.04. The molecule has 0 fully saturated rings. The minimum Gasteiger partial charge on any atom is -0.504 e. The number of phenols is 1. The van der Waals surface area contributed by atoms with Crippen LogP contribution in [0.2, 0.25) is 0 Å².